The van der Waals surface area contributed by atoms with Crippen LogP contribution < -0.4 is 15.4 Å². The first-order valence-electron chi connectivity index (χ1n) is 11.4. The van der Waals surface area contributed by atoms with E-state index in [1.807, 2.05) is 28.9 Å². The fourth-order valence-corrected chi connectivity index (χ4v) is 4.47. The molecule has 0 bridgehead atoms. The zero-order valence-electron chi connectivity index (χ0n) is 19.9. The van der Waals surface area contributed by atoms with Gasteiger partial charge in [-0.2, -0.15) is 5.10 Å². The summed E-state index contributed by atoms with van der Waals surface area (Å²) in [5.41, 5.74) is 6.52. The first-order chi connectivity index (χ1) is 15.9. The molecule has 0 aliphatic heterocycles. The zero-order valence-corrected chi connectivity index (χ0v) is 19.9. The van der Waals surface area contributed by atoms with Gasteiger partial charge in [0.05, 0.1) is 18.5 Å². The number of carbonyl (C=O) groups excluding carboxylic acids is 1. The van der Waals surface area contributed by atoms with Crippen LogP contribution >= 0.6 is 0 Å². The molecule has 1 aliphatic carbocycles. The van der Waals surface area contributed by atoms with Crippen LogP contribution in [0.2, 0.25) is 0 Å². The highest BCUT2D eigenvalue weighted by Gasteiger charge is 2.27. The van der Waals surface area contributed by atoms with Gasteiger partial charge in [0.25, 0.3) is 0 Å². The second-order valence-corrected chi connectivity index (χ2v) is 8.90. The number of methoxy groups -OCH3 is 1. The number of hydrogen-bond acceptors (Lipinski definition) is 3. The molecule has 0 radical (unpaired) electrons. The molecule has 1 heterocycles. The Kier molecular flexibility index (Phi) is 6.54. The highest BCUT2D eigenvalue weighted by Crippen LogP contribution is 2.34. The average Bonchev–Trinajstić information content (AvgIpc) is 3.37. The van der Waals surface area contributed by atoms with Crippen LogP contribution in [0.3, 0.4) is 0 Å². The Morgan fingerprint density at radius 1 is 1.06 bits per heavy atom. The smallest absolute Gasteiger partial charge is 0.319 e. The number of allylic oxidation sites excluding steroid dienone is 1. The molecule has 0 spiro atoms. The van der Waals surface area contributed by atoms with Gasteiger partial charge in [0.15, 0.2) is 0 Å². The highest BCUT2D eigenvalue weighted by molar-refractivity contribution is 5.89. The van der Waals surface area contributed by atoms with Gasteiger partial charge in [-0.25, -0.2) is 9.48 Å². The lowest BCUT2D eigenvalue weighted by molar-refractivity contribution is 0.250. The number of aryl methyl sites for hydroxylation is 1. The number of urea groups is 1. The van der Waals surface area contributed by atoms with Crippen molar-refractivity contribution in [3.63, 3.8) is 0 Å². The maximum atomic E-state index is 12.5. The Hall–Kier alpha value is -3.54. The predicted molar refractivity (Wildman–Crippen MR) is 133 cm³/mol. The summed E-state index contributed by atoms with van der Waals surface area (Å²) in [6.07, 6.45) is 5.07. The van der Waals surface area contributed by atoms with E-state index in [-0.39, 0.29) is 18.0 Å². The maximum Gasteiger partial charge on any atom is 0.319 e. The van der Waals surface area contributed by atoms with Crippen LogP contribution in [0.1, 0.15) is 54.6 Å². The van der Waals surface area contributed by atoms with Gasteiger partial charge in [0.1, 0.15) is 5.75 Å². The van der Waals surface area contributed by atoms with E-state index in [1.165, 1.54) is 11.1 Å². The highest BCUT2D eigenvalue weighted by atomic mass is 16.5. The van der Waals surface area contributed by atoms with E-state index in [1.54, 1.807) is 7.11 Å². The second-order valence-electron chi connectivity index (χ2n) is 8.90. The van der Waals surface area contributed by atoms with E-state index in [9.17, 15) is 4.79 Å². The van der Waals surface area contributed by atoms with Crippen LogP contribution in [-0.4, -0.2) is 29.0 Å². The van der Waals surface area contributed by atoms with Crippen molar-refractivity contribution >= 4 is 11.7 Å². The van der Waals surface area contributed by atoms with E-state index in [0.717, 1.165) is 34.9 Å². The molecule has 1 aromatic heterocycles. The average molecular weight is 445 g/mol. The molecule has 0 fully saturated rings. The quantitative estimate of drug-likeness (QED) is 0.468. The third kappa shape index (κ3) is 4.95. The van der Waals surface area contributed by atoms with Gasteiger partial charge in [-0.1, -0.05) is 38.1 Å². The van der Waals surface area contributed by atoms with Crippen molar-refractivity contribution in [1.29, 1.82) is 0 Å². The third-order valence-electron chi connectivity index (χ3n) is 6.27. The Morgan fingerprint density at radius 2 is 1.76 bits per heavy atom. The standard InChI is InChI=1S/C27H32N4O2/c1-17(2)20-7-12-24(13-8-20)31-19(4)26(18(3)30-31)21-6-9-23(16-21)29-27(32)28-22-10-14-25(33-5)15-11-22/h6-15,17,21,23H,16H2,1-5H3,(H2,28,29,32)/t21-,23+/m0/s1. The van der Waals surface area contributed by atoms with Gasteiger partial charge in [0.2, 0.25) is 0 Å². The Labute approximate surface area is 195 Å². The molecule has 2 N–H and O–H groups in total. The largest absolute Gasteiger partial charge is 0.497 e. The molecule has 2 atom stereocenters. The van der Waals surface area contributed by atoms with Crippen molar-refractivity contribution in [2.24, 2.45) is 0 Å². The van der Waals surface area contributed by atoms with E-state index in [4.69, 9.17) is 9.84 Å². The Morgan fingerprint density at radius 3 is 2.39 bits per heavy atom. The van der Waals surface area contributed by atoms with Gasteiger partial charge < -0.3 is 15.4 Å². The molecule has 3 aromatic rings. The summed E-state index contributed by atoms with van der Waals surface area (Å²) < 4.78 is 7.18. The number of anilines is 1. The first-order valence-corrected chi connectivity index (χ1v) is 11.4. The molecule has 6 nitrogen and oxygen atoms in total. The van der Waals surface area contributed by atoms with Gasteiger partial charge in [-0.3, -0.25) is 0 Å². The lowest BCUT2D eigenvalue weighted by atomic mass is 9.96. The minimum Gasteiger partial charge on any atom is -0.497 e. The van der Waals surface area contributed by atoms with Crippen LogP contribution in [0.5, 0.6) is 5.75 Å². The number of rotatable bonds is 6. The minimum absolute atomic E-state index is 0.0271. The fraction of sp³-hybridized carbons (Fsp3) is 0.333. The first kappa shape index (κ1) is 22.6. The Bertz CT molecular complexity index is 1140. The lowest BCUT2D eigenvalue weighted by Crippen LogP contribution is -2.36. The molecule has 4 rings (SSSR count). The van der Waals surface area contributed by atoms with Crippen LogP contribution in [0, 0.1) is 13.8 Å². The summed E-state index contributed by atoms with van der Waals surface area (Å²) in [7, 11) is 1.62. The van der Waals surface area contributed by atoms with Crippen molar-refractivity contribution in [1.82, 2.24) is 15.1 Å². The minimum atomic E-state index is -0.218. The number of nitrogens with zero attached hydrogens (tertiary/aromatic N) is 2. The molecule has 172 valence electrons. The number of aromatic nitrogens is 2. The van der Waals surface area contributed by atoms with Crippen LogP contribution in [-0.2, 0) is 0 Å². The number of benzene rings is 2. The number of hydrogen-bond donors (Lipinski definition) is 2. The summed E-state index contributed by atoms with van der Waals surface area (Å²) in [4.78, 5) is 12.5. The third-order valence-corrected chi connectivity index (χ3v) is 6.27. The topological polar surface area (TPSA) is 68.2 Å². The number of amides is 2. The fourth-order valence-electron chi connectivity index (χ4n) is 4.47. The normalized spacial score (nSPS) is 17.4. The molecule has 0 unspecified atom stereocenters. The van der Waals surface area contributed by atoms with Crippen LogP contribution in [0.15, 0.2) is 60.7 Å². The molecular weight excluding hydrogens is 412 g/mol. The molecule has 33 heavy (non-hydrogen) atoms. The summed E-state index contributed by atoms with van der Waals surface area (Å²) in [6, 6.07) is 15.7. The predicted octanol–water partition coefficient (Wildman–Crippen LogP) is 5.85. The number of ether oxygens (including phenoxy) is 1. The molecule has 2 amide bonds. The van der Waals surface area contributed by atoms with E-state index < -0.39 is 0 Å². The molecule has 0 saturated carbocycles. The van der Waals surface area contributed by atoms with Gasteiger partial charge in [0, 0.05) is 28.9 Å². The molecular formula is C27H32N4O2. The second kappa shape index (κ2) is 9.53. The maximum absolute atomic E-state index is 12.5. The lowest BCUT2D eigenvalue weighted by Gasteiger charge is -2.15. The van der Waals surface area contributed by atoms with Gasteiger partial charge in [-0.05, 0) is 68.1 Å². The number of carbonyl (C=O) groups is 1. The van der Waals surface area contributed by atoms with Crippen LogP contribution in [0.25, 0.3) is 5.69 Å². The van der Waals surface area contributed by atoms with Crippen molar-refractivity contribution < 1.29 is 9.53 Å². The molecule has 6 heteroatoms. The van der Waals surface area contributed by atoms with Crippen LogP contribution in [0.4, 0.5) is 10.5 Å². The molecule has 1 aliphatic rings. The van der Waals surface area contributed by atoms with Gasteiger partial charge in [-0.15, -0.1) is 0 Å². The summed E-state index contributed by atoms with van der Waals surface area (Å²) in [5.74, 6) is 1.48. The van der Waals surface area contributed by atoms with Gasteiger partial charge >= 0.3 is 6.03 Å². The number of nitrogens with one attached hydrogen (secondary N) is 2. The summed E-state index contributed by atoms with van der Waals surface area (Å²) in [6.45, 7) is 8.58. The SMILES string of the molecule is COc1ccc(NC(=O)N[C@@H]2C=C[C@H](c3c(C)nn(-c4ccc(C(C)C)cc4)c3C)C2)cc1. The zero-order chi connectivity index (χ0) is 23.5. The van der Waals surface area contributed by atoms with Crippen molar-refractivity contribution in [2.45, 2.75) is 52.0 Å². The monoisotopic (exact) mass is 444 g/mol. The van der Waals surface area contributed by atoms with Crippen molar-refractivity contribution in [2.75, 3.05) is 12.4 Å². The van der Waals surface area contributed by atoms with Crippen molar-refractivity contribution in [3.05, 3.63) is 83.2 Å². The van der Waals surface area contributed by atoms with Crippen molar-refractivity contribution in [3.8, 4) is 11.4 Å². The summed E-state index contributed by atoms with van der Waals surface area (Å²) in [5, 5.41) is 10.8. The Balaban J connectivity index is 1.41. The molecule has 2 aromatic carbocycles. The van der Waals surface area contributed by atoms with E-state index >= 15 is 0 Å². The molecule has 0 saturated heterocycles. The summed E-state index contributed by atoms with van der Waals surface area (Å²) >= 11 is 0. The van der Waals surface area contributed by atoms with E-state index in [0.29, 0.717) is 5.92 Å². The van der Waals surface area contributed by atoms with E-state index in [2.05, 4.69) is 74.7 Å².